The number of nitrogens with zero attached hydrogens (tertiary/aromatic N) is 8. The van der Waals surface area contributed by atoms with Crippen molar-refractivity contribution in [1.29, 1.82) is 0 Å². The van der Waals surface area contributed by atoms with E-state index in [0.29, 0.717) is 34.9 Å². The van der Waals surface area contributed by atoms with Crippen LogP contribution >= 0.6 is 45.3 Å². The van der Waals surface area contributed by atoms with Gasteiger partial charge in [-0.1, -0.05) is 200 Å². The zero-order chi connectivity index (χ0) is 60.2. The summed E-state index contributed by atoms with van der Waals surface area (Å²) in [6.07, 6.45) is 0. The summed E-state index contributed by atoms with van der Waals surface area (Å²) in [6, 6.07) is 96.4. The summed E-state index contributed by atoms with van der Waals surface area (Å²) in [6.45, 7) is 0. The molecule has 0 spiro atoms. The van der Waals surface area contributed by atoms with Crippen molar-refractivity contribution in [2.45, 2.75) is 0 Å². The van der Waals surface area contributed by atoms with Crippen LogP contribution in [0.5, 0.6) is 0 Å². The van der Waals surface area contributed by atoms with E-state index >= 15 is 0 Å². The summed E-state index contributed by atoms with van der Waals surface area (Å²) in [5, 5.41) is 13.4. The lowest BCUT2D eigenvalue weighted by Gasteiger charge is -2.29. The number of fused-ring (bicyclic) bond motifs is 17. The van der Waals surface area contributed by atoms with Crippen LogP contribution in [0.4, 0.5) is 0 Å². The zero-order valence-corrected chi connectivity index (χ0v) is 52.9. The third-order valence-electron chi connectivity index (χ3n) is 18.4. The fourth-order valence-corrected chi connectivity index (χ4v) is 23.7. The predicted molar refractivity (Wildman–Crippen MR) is 389 cm³/mol. The molecule has 20 rings (SSSR count). The summed E-state index contributed by atoms with van der Waals surface area (Å²) < 4.78 is 12.2. The molecule has 8 heterocycles. The van der Waals surface area contributed by atoms with Gasteiger partial charge in [0.25, 0.3) is 0 Å². The van der Waals surface area contributed by atoms with Gasteiger partial charge in [0.2, 0.25) is 8.07 Å². The fourth-order valence-electron chi connectivity index (χ4n) is 14.1. The van der Waals surface area contributed by atoms with E-state index in [4.69, 9.17) is 34.9 Å². The van der Waals surface area contributed by atoms with Gasteiger partial charge in [-0.25, -0.2) is 34.9 Å². The van der Waals surface area contributed by atoms with Gasteiger partial charge in [0, 0.05) is 120 Å². The fraction of sp³-hybridized carbons (Fsp3) is 0. The Labute approximate surface area is 542 Å². The highest BCUT2D eigenvalue weighted by Gasteiger charge is 2.52. The Kier molecular flexibility index (Phi) is 11.4. The number of hydrogen-bond acceptors (Lipinski definition) is 11. The van der Waals surface area contributed by atoms with Crippen molar-refractivity contribution in [1.82, 2.24) is 39.5 Å². The van der Waals surface area contributed by atoms with E-state index in [2.05, 4.69) is 271 Å². The highest BCUT2D eigenvalue weighted by molar-refractivity contribution is 7.27. The Bertz CT molecular complexity index is 5750. The molecule has 19 aromatic rings. The van der Waals surface area contributed by atoms with Crippen LogP contribution in [0.15, 0.2) is 267 Å². The molecule has 92 heavy (non-hydrogen) atoms. The molecule has 12 aromatic carbocycles. The Morgan fingerprint density at radius 2 is 0.576 bits per heavy atom. The van der Waals surface area contributed by atoms with Gasteiger partial charge in [-0.3, -0.25) is 4.57 Å². The van der Waals surface area contributed by atoms with Gasteiger partial charge in [-0.2, -0.15) is 0 Å². The molecule has 0 fully saturated rings. The first-order chi connectivity index (χ1) is 45.5. The summed E-state index contributed by atoms with van der Waals surface area (Å²) in [7, 11) is -3.42. The van der Waals surface area contributed by atoms with Crippen LogP contribution in [0, 0.1) is 0 Å². The number of aromatic nitrogens is 8. The molecule has 1 aliphatic heterocycles. The standard InChI is InChI=1S/C79H44N8S4Si/c1-8-26-64-53(19-1)57-35-31-47(41-68(57)88-64)75-81-73(82-76(85-75)48-32-36-58-54-20-2-9-27-65(54)89-69(58)42-48)45-15-13-17-51(39-45)92(72-30-12-7-25-63(72)87-62-24-6-5-23-61(62)80-79(87)92)52-18-14-16-46(40-52)74-83-77(49-33-37-59-55-21-3-10-28-66(55)90-70(59)43-49)86-78(84-74)50-34-38-60-56-22-4-11-29-67(56)91-71(60)44-50/h1-44H. The molecule has 0 unspecified atom stereocenters. The molecule has 428 valence electrons. The molecule has 1 aliphatic rings. The molecular formula is C79H44N8S4Si. The summed E-state index contributed by atoms with van der Waals surface area (Å²) in [5.74, 6) is 3.63. The third kappa shape index (κ3) is 7.93. The van der Waals surface area contributed by atoms with Crippen LogP contribution in [0.3, 0.4) is 0 Å². The van der Waals surface area contributed by atoms with Crippen molar-refractivity contribution >= 4 is 166 Å². The van der Waals surface area contributed by atoms with E-state index in [-0.39, 0.29) is 0 Å². The maximum absolute atomic E-state index is 5.74. The highest BCUT2D eigenvalue weighted by atomic mass is 32.1. The second-order valence-electron chi connectivity index (χ2n) is 23.5. The second-order valence-corrected chi connectivity index (χ2v) is 31.5. The van der Waals surface area contributed by atoms with Crippen LogP contribution in [-0.2, 0) is 0 Å². The zero-order valence-electron chi connectivity index (χ0n) is 48.6. The molecule has 8 nitrogen and oxygen atoms in total. The lowest BCUT2D eigenvalue weighted by Crippen LogP contribution is -2.73. The van der Waals surface area contributed by atoms with Crippen LogP contribution < -0.4 is 21.0 Å². The van der Waals surface area contributed by atoms with Crippen LogP contribution in [-0.4, -0.2) is 47.5 Å². The molecule has 0 saturated heterocycles. The first-order valence-electron chi connectivity index (χ1n) is 30.5. The quantitative estimate of drug-likeness (QED) is 0.140. The van der Waals surface area contributed by atoms with Crippen molar-refractivity contribution in [3.63, 3.8) is 0 Å². The van der Waals surface area contributed by atoms with Crippen molar-refractivity contribution < 1.29 is 0 Å². The maximum Gasteiger partial charge on any atom is 0.226 e. The van der Waals surface area contributed by atoms with Crippen LogP contribution in [0.1, 0.15) is 0 Å². The van der Waals surface area contributed by atoms with E-state index in [1.165, 1.54) is 85.9 Å². The maximum atomic E-state index is 5.74. The lowest BCUT2D eigenvalue weighted by molar-refractivity contribution is 1.08. The molecule has 0 aliphatic carbocycles. The first kappa shape index (κ1) is 52.0. The largest absolute Gasteiger partial charge is 0.299 e. The number of hydrogen-bond donors (Lipinski definition) is 0. The van der Waals surface area contributed by atoms with Crippen LogP contribution in [0.25, 0.3) is 166 Å². The molecule has 0 N–H and O–H groups in total. The third-order valence-corrected chi connectivity index (χ3v) is 27.5. The lowest BCUT2D eigenvalue weighted by atomic mass is 10.1. The molecule has 7 aromatic heterocycles. The number of benzene rings is 12. The minimum absolute atomic E-state index is 0.588. The predicted octanol–water partition coefficient (Wildman–Crippen LogP) is 18.6. The van der Waals surface area contributed by atoms with Gasteiger partial charge in [-0.05, 0) is 82.3 Å². The summed E-state index contributed by atoms with van der Waals surface area (Å²) in [5.41, 5.74) is 9.63. The van der Waals surface area contributed by atoms with E-state index in [1.54, 1.807) is 45.3 Å². The van der Waals surface area contributed by atoms with Crippen molar-refractivity contribution in [3.8, 4) is 74.0 Å². The Hall–Kier alpha value is -10.8. The molecule has 0 amide bonds. The molecular weight excluding hydrogens is 1220 g/mol. The number of imidazole rings is 1. The molecule has 0 saturated carbocycles. The van der Waals surface area contributed by atoms with Gasteiger partial charge in [0.05, 0.1) is 11.0 Å². The minimum Gasteiger partial charge on any atom is -0.299 e. The van der Waals surface area contributed by atoms with Crippen molar-refractivity contribution in [3.05, 3.63) is 267 Å². The highest BCUT2D eigenvalue weighted by Crippen LogP contribution is 2.42. The van der Waals surface area contributed by atoms with Crippen LogP contribution in [0.2, 0.25) is 0 Å². The average Bonchev–Trinajstić information content (AvgIpc) is 1.52. The van der Waals surface area contributed by atoms with Crippen molar-refractivity contribution in [2.24, 2.45) is 0 Å². The number of para-hydroxylation sites is 3. The molecule has 0 bridgehead atoms. The molecule has 13 heteroatoms. The molecule has 0 atom stereocenters. The van der Waals surface area contributed by atoms with E-state index in [9.17, 15) is 0 Å². The molecule has 0 radical (unpaired) electrons. The Balaban J connectivity index is 0.792. The SMILES string of the molecule is c1cc(-c2nc(-c3ccc4c(c3)sc3ccccc34)nc(-c3ccc4c(c3)sc3ccccc34)n2)cc([Si]2(c3cccc(-c4nc(-c5ccc6c(c5)sc5ccccc56)nc(-c5ccc6c(c5)sc5ccccc56)n4)c3)c3ccccc3-n3c2nc2ccccc23)c1. The monoisotopic (exact) mass is 1260 g/mol. The van der Waals surface area contributed by atoms with Gasteiger partial charge < -0.3 is 0 Å². The topological polar surface area (TPSA) is 95.2 Å². The van der Waals surface area contributed by atoms with E-state index < -0.39 is 8.07 Å². The first-order valence-corrected chi connectivity index (χ1v) is 35.8. The normalized spacial score (nSPS) is 12.9. The second kappa shape index (κ2) is 20.1. The average molecular weight is 1260 g/mol. The minimum atomic E-state index is -3.42. The van der Waals surface area contributed by atoms with Gasteiger partial charge in [0.1, 0.15) is 5.45 Å². The number of thiophene rings is 4. The van der Waals surface area contributed by atoms with E-state index in [1.807, 2.05) is 0 Å². The van der Waals surface area contributed by atoms with Gasteiger partial charge >= 0.3 is 0 Å². The van der Waals surface area contributed by atoms with E-state index in [0.717, 1.165) is 65.9 Å². The summed E-state index contributed by atoms with van der Waals surface area (Å²) >= 11 is 7.18. The summed E-state index contributed by atoms with van der Waals surface area (Å²) in [4.78, 5) is 38.4. The Morgan fingerprint density at radius 1 is 0.250 bits per heavy atom. The van der Waals surface area contributed by atoms with Crippen molar-refractivity contribution in [2.75, 3.05) is 0 Å². The number of rotatable bonds is 8. The van der Waals surface area contributed by atoms with Gasteiger partial charge in [-0.15, -0.1) is 45.3 Å². The smallest absolute Gasteiger partial charge is 0.226 e. The van der Waals surface area contributed by atoms with Gasteiger partial charge in [0.15, 0.2) is 34.9 Å². The Morgan fingerprint density at radius 3 is 0.978 bits per heavy atom.